The second kappa shape index (κ2) is 5.64. The normalized spacial score (nSPS) is 10.8. The molecule has 0 unspecified atom stereocenters. The van der Waals surface area contributed by atoms with Crippen molar-refractivity contribution in [1.82, 2.24) is 14.9 Å². The van der Waals surface area contributed by atoms with Gasteiger partial charge in [-0.25, -0.2) is 4.98 Å². The summed E-state index contributed by atoms with van der Waals surface area (Å²) in [6, 6.07) is 6.02. The van der Waals surface area contributed by atoms with Gasteiger partial charge < -0.3 is 15.6 Å². The van der Waals surface area contributed by atoms with Crippen LogP contribution in [0.1, 0.15) is 18.4 Å². The van der Waals surface area contributed by atoms with Gasteiger partial charge in [-0.2, -0.15) is 0 Å². The number of rotatable bonds is 5. The Morgan fingerprint density at radius 2 is 2.33 bits per heavy atom. The molecule has 0 saturated heterocycles. The number of benzene rings is 1. The number of carbonyl (C=O) groups is 1. The minimum absolute atomic E-state index is 0.0431. The third-order valence-corrected chi connectivity index (χ3v) is 2.89. The van der Waals surface area contributed by atoms with E-state index < -0.39 is 0 Å². The van der Waals surface area contributed by atoms with Crippen molar-refractivity contribution in [3.05, 3.63) is 30.1 Å². The molecule has 0 fully saturated rings. The van der Waals surface area contributed by atoms with Crippen molar-refractivity contribution in [1.29, 1.82) is 0 Å². The second-order valence-corrected chi connectivity index (χ2v) is 4.35. The summed E-state index contributed by atoms with van der Waals surface area (Å²) >= 11 is 0. The summed E-state index contributed by atoms with van der Waals surface area (Å²) in [5.74, 6) is 0.0431. The lowest BCUT2D eigenvalue weighted by Gasteiger charge is -2.05. The van der Waals surface area contributed by atoms with E-state index >= 15 is 0 Å². The molecular weight excluding hydrogens is 228 g/mol. The van der Waals surface area contributed by atoms with E-state index in [0.717, 1.165) is 23.0 Å². The Kier molecular flexibility index (Phi) is 3.94. The maximum absolute atomic E-state index is 11.5. The van der Waals surface area contributed by atoms with Crippen molar-refractivity contribution in [2.75, 3.05) is 6.54 Å². The number of nitrogens with zero attached hydrogens (tertiary/aromatic N) is 2. The molecule has 0 bridgehead atoms. The predicted octanol–water partition coefficient (Wildman–Crippen LogP) is 0.928. The largest absolute Gasteiger partial charge is 0.352 e. The summed E-state index contributed by atoms with van der Waals surface area (Å²) in [5.41, 5.74) is 8.46. The molecule has 3 N–H and O–H groups in total. The third-order valence-electron chi connectivity index (χ3n) is 2.89. The lowest BCUT2D eigenvalue weighted by Crippen LogP contribution is -2.23. The Balaban J connectivity index is 1.97. The fourth-order valence-corrected chi connectivity index (χ4v) is 1.84. The number of hydrogen-bond donors (Lipinski definition) is 2. The lowest BCUT2D eigenvalue weighted by atomic mass is 10.2. The highest BCUT2D eigenvalue weighted by Gasteiger charge is 2.03. The van der Waals surface area contributed by atoms with E-state index in [2.05, 4.69) is 10.3 Å². The van der Waals surface area contributed by atoms with E-state index in [-0.39, 0.29) is 5.91 Å². The SMILES string of the molecule is Cn1cnc2cc(CNC(=O)CCCN)ccc21. The smallest absolute Gasteiger partial charge is 0.220 e. The van der Waals surface area contributed by atoms with Crippen LogP contribution in [0.25, 0.3) is 11.0 Å². The molecule has 1 aromatic heterocycles. The molecule has 0 aliphatic rings. The first-order valence-corrected chi connectivity index (χ1v) is 6.07. The first-order chi connectivity index (χ1) is 8.70. The molecule has 1 aromatic carbocycles. The molecule has 0 spiro atoms. The summed E-state index contributed by atoms with van der Waals surface area (Å²) < 4.78 is 1.97. The van der Waals surface area contributed by atoms with Gasteiger partial charge in [0, 0.05) is 20.0 Å². The topological polar surface area (TPSA) is 72.9 Å². The number of aryl methyl sites for hydroxylation is 1. The molecule has 0 aliphatic carbocycles. The molecule has 1 heterocycles. The van der Waals surface area contributed by atoms with Crippen LogP contribution in [0.5, 0.6) is 0 Å². The number of amides is 1. The molecule has 0 saturated carbocycles. The minimum Gasteiger partial charge on any atom is -0.352 e. The maximum atomic E-state index is 11.5. The first kappa shape index (κ1) is 12.6. The molecule has 2 aromatic rings. The summed E-state index contributed by atoms with van der Waals surface area (Å²) in [7, 11) is 1.96. The first-order valence-electron chi connectivity index (χ1n) is 6.07. The average Bonchev–Trinajstić information content (AvgIpc) is 2.75. The molecule has 0 aliphatic heterocycles. The van der Waals surface area contributed by atoms with E-state index in [1.54, 1.807) is 6.33 Å². The van der Waals surface area contributed by atoms with Crippen molar-refractivity contribution in [3.8, 4) is 0 Å². The zero-order valence-electron chi connectivity index (χ0n) is 10.5. The second-order valence-electron chi connectivity index (χ2n) is 4.35. The summed E-state index contributed by atoms with van der Waals surface area (Å²) in [5, 5.41) is 2.88. The number of aromatic nitrogens is 2. The Morgan fingerprint density at radius 3 is 3.11 bits per heavy atom. The summed E-state index contributed by atoms with van der Waals surface area (Å²) in [6.45, 7) is 1.09. The van der Waals surface area contributed by atoms with Gasteiger partial charge in [0.05, 0.1) is 17.4 Å². The zero-order chi connectivity index (χ0) is 13.0. The molecular formula is C13H18N4O. The Labute approximate surface area is 106 Å². The lowest BCUT2D eigenvalue weighted by molar-refractivity contribution is -0.121. The molecule has 5 heteroatoms. The monoisotopic (exact) mass is 246 g/mol. The van der Waals surface area contributed by atoms with Crippen LogP contribution in [0.4, 0.5) is 0 Å². The zero-order valence-corrected chi connectivity index (χ0v) is 10.5. The van der Waals surface area contributed by atoms with Crippen LogP contribution in [0.3, 0.4) is 0 Å². The van der Waals surface area contributed by atoms with Gasteiger partial charge in [0.2, 0.25) is 5.91 Å². The number of nitrogens with one attached hydrogen (secondary N) is 1. The summed E-state index contributed by atoms with van der Waals surface area (Å²) in [6.07, 6.45) is 3.00. The predicted molar refractivity (Wildman–Crippen MR) is 70.8 cm³/mol. The number of nitrogens with two attached hydrogens (primary N) is 1. The fourth-order valence-electron chi connectivity index (χ4n) is 1.84. The van der Waals surface area contributed by atoms with Gasteiger partial charge in [0.15, 0.2) is 0 Å². The third kappa shape index (κ3) is 2.87. The molecule has 5 nitrogen and oxygen atoms in total. The van der Waals surface area contributed by atoms with Gasteiger partial charge in [-0.05, 0) is 30.7 Å². The van der Waals surface area contributed by atoms with Gasteiger partial charge >= 0.3 is 0 Å². The maximum Gasteiger partial charge on any atom is 0.220 e. The van der Waals surface area contributed by atoms with Crippen LogP contribution >= 0.6 is 0 Å². The average molecular weight is 246 g/mol. The highest BCUT2D eigenvalue weighted by molar-refractivity contribution is 5.77. The highest BCUT2D eigenvalue weighted by Crippen LogP contribution is 2.13. The highest BCUT2D eigenvalue weighted by atomic mass is 16.1. The van der Waals surface area contributed by atoms with Crippen molar-refractivity contribution < 1.29 is 4.79 Å². The van der Waals surface area contributed by atoms with E-state index in [4.69, 9.17) is 5.73 Å². The van der Waals surface area contributed by atoms with Crippen LogP contribution in [0, 0.1) is 0 Å². The molecule has 1 amide bonds. The fraction of sp³-hybridized carbons (Fsp3) is 0.385. The van der Waals surface area contributed by atoms with Crippen LogP contribution in [-0.4, -0.2) is 22.0 Å². The van der Waals surface area contributed by atoms with Gasteiger partial charge in [-0.1, -0.05) is 6.07 Å². The quantitative estimate of drug-likeness (QED) is 0.824. The van der Waals surface area contributed by atoms with Crippen molar-refractivity contribution >= 4 is 16.9 Å². The van der Waals surface area contributed by atoms with Crippen molar-refractivity contribution in [3.63, 3.8) is 0 Å². The molecule has 96 valence electrons. The minimum atomic E-state index is 0.0431. The van der Waals surface area contributed by atoms with Gasteiger partial charge in [0.25, 0.3) is 0 Å². The summed E-state index contributed by atoms with van der Waals surface area (Å²) in [4.78, 5) is 15.7. The van der Waals surface area contributed by atoms with Gasteiger partial charge in [0.1, 0.15) is 0 Å². The van der Waals surface area contributed by atoms with Crippen molar-refractivity contribution in [2.45, 2.75) is 19.4 Å². The molecule has 0 atom stereocenters. The Bertz CT molecular complexity index is 547. The van der Waals surface area contributed by atoms with Crippen LogP contribution < -0.4 is 11.1 Å². The number of imidazole rings is 1. The standard InChI is InChI=1S/C13H18N4O/c1-17-9-16-11-7-10(4-5-12(11)17)8-15-13(18)3-2-6-14/h4-5,7,9H,2-3,6,8,14H2,1H3,(H,15,18). The Hall–Kier alpha value is -1.88. The number of fused-ring (bicyclic) bond motifs is 1. The molecule has 18 heavy (non-hydrogen) atoms. The van der Waals surface area contributed by atoms with Gasteiger partial charge in [-0.3, -0.25) is 4.79 Å². The van der Waals surface area contributed by atoms with Crippen molar-refractivity contribution in [2.24, 2.45) is 12.8 Å². The van der Waals surface area contributed by atoms with E-state index in [1.165, 1.54) is 0 Å². The van der Waals surface area contributed by atoms with E-state index in [1.807, 2.05) is 29.8 Å². The van der Waals surface area contributed by atoms with E-state index in [0.29, 0.717) is 19.5 Å². The van der Waals surface area contributed by atoms with Gasteiger partial charge in [-0.15, -0.1) is 0 Å². The molecule has 2 rings (SSSR count). The number of hydrogen-bond acceptors (Lipinski definition) is 3. The Morgan fingerprint density at radius 1 is 1.50 bits per heavy atom. The van der Waals surface area contributed by atoms with Crippen LogP contribution in [0.2, 0.25) is 0 Å². The van der Waals surface area contributed by atoms with E-state index in [9.17, 15) is 4.79 Å². The molecule has 0 radical (unpaired) electrons. The van der Waals surface area contributed by atoms with Crippen LogP contribution in [0.15, 0.2) is 24.5 Å². The number of carbonyl (C=O) groups excluding carboxylic acids is 1. The van der Waals surface area contributed by atoms with Crippen LogP contribution in [-0.2, 0) is 18.4 Å².